The van der Waals surface area contributed by atoms with Crippen LogP contribution in [0.4, 0.5) is 8.78 Å². The number of aliphatic hydroxyl groups excluding tert-OH is 1. The number of halogens is 2. The predicted octanol–water partition coefficient (Wildman–Crippen LogP) is 0.623. The first-order valence-electron chi connectivity index (χ1n) is 5.80. The van der Waals surface area contributed by atoms with Gasteiger partial charge in [0.05, 0.1) is 11.9 Å². The van der Waals surface area contributed by atoms with E-state index in [-0.39, 0.29) is 5.69 Å². The molecule has 0 spiro atoms. The van der Waals surface area contributed by atoms with Crippen LogP contribution in [0.5, 0.6) is 0 Å². The van der Waals surface area contributed by atoms with Crippen molar-refractivity contribution in [2.75, 3.05) is 6.54 Å². The number of hydrogen-bond donors (Lipinski definition) is 2. The SMILES string of the molecule is O=C(NCC(O)C(F)F)c1cn(-c2ccccc2)nn1. The van der Waals surface area contributed by atoms with E-state index in [2.05, 4.69) is 15.6 Å². The molecule has 0 radical (unpaired) electrons. The number of alkyl halides is 2. The highest BCUT2D eigenvalue weighted by Crippen LogP contribution is 2.06. The Morgan fingerprint density at radius 1 is 1.35 bits per heavy atom. The molecule has 1 unspecified atom stereocenters. The van der Waals surface area contributed by atoms with Crippen LogP contribution in [0.25, 0.3) is 5.69 Å². The number of aliphatic hydroxyl groups is 1. The molecule has 106 valence electrons. The van der Waals surface area contributed by atoms with Gasteiger partial charge >= 0.3 is 0 Å². The Kier molecular flexibility index (Phi) is 4.36. The summed E-state index contributed by atoms with van der Waals surface area (Å²) in [5.41, 5.74) is 0.696. The van der Waals surface area contributed by atoms with Crippen LogP contribution < -0.4 is 5.32 Å². The van der Waals surface area contributed by atoms with E-state index < -0.39 is 25.0 Å². The highest BCUT2D eigenvalue weighted by atomic mass is 19.3. The van der Waals surface area contributed by atoms with E-state index >= 15 is 0 Å². The number of para-hydroxylation sites is 1. The molecule has 20 heavy (non-hydrogen) atoms. The summed E-state index contributed by atoms with van der Waals surface area (Å²) in [5, 5.41) is 18.5. The number of aromatic nitrogens is 3. The lowest BCUT2D eigenvalue weighted by molar-refractivity contribution is -0.00272. The Morgan fingerprint density at radius 2 is 2.05 bits per heavy atom. The van der Waals surface area contributed by atoms with Crippen LogP contribution >= 0.6 is 0 Å². The van der Waals surface area contributed by atoms with Gasteiger partial charge in [-0.1, -0.05) is 23.4 Å². The number of amides is 1. The maximum atomic E-state index is 12.1. The van der Waals surface area contributed by atoms with E-state index in [1.54, 1.807) is 24.3 Å². The fraction of sp³-hybridized carbons (Fsp3) is 0.250. The van der Waals surface area contributed by atoms with Crippen molar-refractivity contribution in [3.05, 3.63) is 42.2 Å². The van der Waals surface area contributed by atoms with E-state index in [0.29, 0.717) is 5.69 Å². The van der Waals surface area contributed by atoms with Gasteiger partial charge in [0, 0.05) is 6.54 Å². The van der Waals surface area contributed by atoms with E-state index in [1.807, 2.05) is 6.07 Å². The summed E-state index contributed by atoms with van der Waals surface area (Å²) in [6.07, 6.45) is -3.43. The van der Waals surface area contributed by atoms with Crippen LogP contribution in [0, 0.1) is 0 Å². The smallest absolute Gasteiger partial charge is 0.273 e. The molecule has 0 fully saturated rings. The minimum Gasteiger partial charge on any atom is -0.385 e. The van der Waals surface area contributed by atoms with Crippen molar-refractivity contribution in [3.8, 4) is 5.69 Å². The van der Waals surface area contributed by atoms with E-state index in [4.69, 9.17) is 5.11 Å². The van der Waals surface area contributed by atoms with Gasteiger partial charge in [0.2, 0.25) is 0 Å². The molecular formula is C12H12F2N4O2. The lowest BCUT2D eigenvalue weighted by Gasteiger charge is -2.09. The topological polar surface area (TPSA) is 80.0 Å². The van der Waals surface area contributed by atoms with E-state index in [1.165, 1.54) is 10.9 Å². The molecule has 0 saturated heterocycles. The predicted molar refractivity (Wildman–Crippen MR) is 65.7 cm³/mol. The summed E-state index contributed by atoms with van der Waals surface area (Å²) in [5.74, 6) is -0.674. The fourth-order valence-corrected chi connectivity index (χ4v) is 1.45. The number of carbonyl (C=O) groups is 1. The van der Waals surface area contributed by atoms with Gasteiger partial charge in [0.15, 0.2) is 5.69 Å². The zero-order chi connectivity index (χ0) is 14.5. The number of nitrogens with one attached hydrogen (secondary N) is 1. The largest absolute Gasteiger partial charge is 0.385 e. The van der Waals surface area contributed by atoms with Crippen molar-refractivity contribution in [3.63, 3.8) is 0 Å². The van der Waals surface area contributed by atoms with Crippen molar-refractivity contribution in [2.24, 2.45) is 0 Å². The van der Waals surface area contributed by atoms with Crippen LogP contribution in [0.1, 0.15) is 10.5 Å². The first kappa shape index (κ1) is 14.1. The minimum absolute atomic E-state index is 0.0182. The fourth-order valence-electron chi connectivity index (χ4n) is 1.45. The lowest BCUT2D eigenvalue weighted by atomic mass is 10.3. The van der Waals surface area contributed by atoms with E-state index in [0.717, 1.165) is 0 Å². The van der Waals surface area contributed by atoms with Gasteiger partial charge in [-0.05, 0) is 12.1 Å². The second-order valence-electron chi connectivity index (χ2n) is 4.00. The van der Waals surface area contributed by atoms with Crippen LogP contribution in [0.3, 0.4) is 0 Å². The zero-order valence-corrected chi connectivity index (χ0v) is 10.3. The summed E-state index contributed by atoms with van der Waals surface area (Å²) < 4.78 is 25.5. The van der Waals surface area contributed by atoms with Gasteiger partial charge in [0.25, 0.3) is 12.3 Å². The normalized spacial score (nSPS) is 12.4. The molecule has 8 heteroatoms. The average Bonchev–Trinajstić information content (AvgIpc) is 2.95. The zero-order valence-electron chi connectivity index (χ0n) is 10.3. The molecule has 2 aromatic rings. The maximum absolute atomic E-state index is 12.1. The van der Waals surface area contributed by atoms with Gasteiger partial charge < -0.3 is 10.4 Å². The Morgan fingerprint density at radius 3 is 2.70 bits per heavy atom. The molecule has 0 aliphatic carbocycles. The second-order valence-corrected chi connectivity index (χ2v) is 4.00. The highest BCUT2D eigenvalue weighted by Gasteiger charge is 2.19. The summed E-state index contributed by atoms with van der Waals surface area (Å²) in [6, 6.07) is 8.99. The van der Waals surface area contributed by atoms with Crippen molar-refractivity contribution < 1.29 is 18.7 Å². The van der Waals surface area contributed by atoms with Gasteiger partial charge in [-0.25, -0.2) is 13.5 Å². The van der Waals surface area contributed by atoms with Crippen molar-refractivity contribution >= 4 is 5.91 Å². The number of nitrogens with zero attached hydrogens (tertiary/aromatic N) is 3. The van der Waals surface area contributed by atoms with Crippen LogP contribution in [-0.2, 0) is 0 Å². The Balaban J connectivity index is 2.00. The van der Waals surface area contributed by atoms with Gasteiger partial charge in [-0.3, -0.25) is 4.79 Å². The van der Waals surface area contributed by atoms with Crippen molar-refractivity contribution in [1.29, 1.82) is 0 Å². The summed E-state index contributed by atoms with van der Waals surface area (Å²) >= 11 is 0. The lowest BCUT2D eigenvalue weighted by Crippen LogP contribution is -2.36. The molecule has 6 nitrogen and oxygen atoms in total. The third-order valence-electron chi connectivity index (χ3n) is 2.51. The molecule has 0 aliphatic heterocycles. The molecule has 1 aromatic heterocycles. The van der Waals surface area contributed by atoms with Crippen molar-refractivity contribution in [1.82, 2.24) is 20.3 Å². The van der Waals surface area contributed by atoms with Crippen LogP contribution in [0.15, 0.2) is 36.5 Å². The standard InChI is InChI=1S/C12H12F2N4O2/c13-11(14)10(19)6-15-12(20)9-7-18(17-16-9)8-4-2-1-3-5-8/h1-5,7,10-11,19H,6H2,(H,15,20). The van der Waals surface area contributed by atoms with Crippen LogP contribution in [-0.4, -0.2) is 45.1 Å². The molecule has 0 bridgehead atoms. The Labute approximate surface area is 113 Å². The summed E-state index contributed by atoms with van der Waals surface area (Å²) in [7, 11) is 0. The molecule has 0 saturated carbocycles. The number of benzene rings is 1. The number of rotatable bonds is 5. The minimum atomic E-state index is -2.91. The number of hydrogen-bond acceptors (Lipinski definition) is 4. The van der Waals surface area contributed by atoms with Gasteiger partial charge in [-0.2, -0.15) is 0 Å². The third-order valence-corrected chi connectivity index (χ3v) is 2.51. The molecule has 0 aliphatic rings. The van der Waals surface area contributed by atoms with Gasteiger partial charge in [-0.15, -0.1) is 5.10 Å². The summed E-state index contributed by atoms with van der Waals surface area (Å²) in [4.78, 5) is 11.6. The first-order chi connectivity index (χ1) is 9.58. The average molecular weight is 282 g/mol. The molecule has 1 heterocycles. The van der Waals surface area contributed by atoms with Crippen molar-refractivity contribution in [2.45, 2.75) is 12.5 Å². The molecule has 2 N–H and O–H groups in total. The quantitative estimate of drug-likeness (QED) is 0.842. The van der Waals surface area contributed by atoms with Crippen LogP contribution in [0.2, 0.25) is 0 Å². The summed E-state index contributed by atoms with van der Waals surface area (Å²) in [6.45, 7) is -0.547. The maximum Gasteiger partial charge on any atom is 0.273 e. The molecular weight excluding hydrogens is 270 g/mol. The molecule has 1 amide bonds. The monoisotopic (exact) mass is 282 g/mol. The third kappa shape index (κ3) is 3.35. The molecule has 1 aromatic carbocycles. The van der Waals surface area contributed by atoms with E-state index in [9.17, 15) is 13.6 Å². The number of carbonyl (C=O) groups excluding carboxylic acids is 1. The second kappa shape index (κ2) is 6.20. The Hall–Kier alpha value is -2.35. The van der Waals surface area contributed by atoms with Gasteiger partial charge in [0.1, 0.15) is 6.10 Å². The molecule has 1 atom stereocenters. The molecule has 2 rings (SSSR count). The first-order valence-corrected chi connectivity index (χ1v) is 5.80. The Bertz CT molecular complexity index is 574. The highest BCUT2D eigenvalue weighted by molar-refractivity contribution is 5.91.